The topological polar surface area (TPSA) is 102 Å². The molecule has 144 valence electrons. The first kappa shape index (κ1) is 19.3. The van der Waals surface area contributed by atoms with E-state index in [1.807, 2.05) is 4.90 Å². The molecule has 0 saturated carbocycles. The van der Waals surface area contributed by atoms with Crippen LogP contribution in [0.1, 0.15) is 5.56 Å². The fourth-order valence-electron chi connectivity index (χ4n) is 2.87. The molecule has 3 rings (SSSR count). The molecule has 0 N–H and O–H groups in total. The van der Waals surface area contributed by atoms with Crippen LogP contribution in [0.3, 0.4) is 0 Å². The van der Waals surface area contributed by atoms with Gasteiger partial charge in [-0.15, -0.1) is 0 Å². The highest BCUT2D eigenvalue weighted by Gasteiger charge is 2.34. The number of thioether (sulfide) groups is 1. The van der Waals surface area contributed by atoms with E-state index in [-0.39, 0.29) is 29.0 Å². The van der Waals surface area contributed by atoms with Gasteiger partial charge in [-0.3, -0.25) is 24.6 Å². The van der Waals surface area contributed by atoms with E-state index in [9.17, 15) is 19.7 Å². The second-order valence-electron chi connectivity index (χ2n) is 5.93. The van der Waals surface area contributed by atoms with Crippen LogP contribution in [0.15, 0.2) is 23.1 Å². The number of hydrogen-bond acceptors (Lipinski definition) is 8. The number of nitro groups is 1. The molecule has 0 bridgehead atoms. The van der Waals surface area contributed by atoms with Gasteiger partial charge in [0, 0.05) is 26.3 Å². The number of carbonyl (C=O) groups excluding carboxylic acids is 2. The summed E-state index contributed by atoms with van der Waals surface area (Å²) < 4.78 is 10.2. The van der Waals surface area contributed by atoms with Crippen molar-refractivity contribution in [1.29, 1.82) is 0 Å². The first-order valence-electron chi connectivity index (χ1n) is 8.36. The van der Waals surface area contributed by atoms with Crippen molar-refractivity contribution < 1.29 is 24.0 Å². The van der Waals surface area contributed by atoms with E-state index < -0.39 is 10.8 Å². The number of ether oxygens (including phenoxy) is 2. The summed E-state index contributed by atoms with van der Waals surface area (Å²) >= 11 is 0.820. The summed E-state index contributed by atoms with van der Waals surface area (Å²) in [6.45, 7) is 2.64. The number of carbonyl (C=O) groups is 2. The zero-order valence-corrected chi connectivity index (χ0v) is 15.6. The first-order chi connectivity index (χ1) is 13.0. The lowest BCUT2D eigenvalue weighted by Gasteiger charge is -2.28. The molecule has 2 saturated heterocycles. The molecule has 0 aliphatic carbocycles. The minimum atomic E-state index is -0.438. The van der Waals surface area contributed by atoms with Crippen molar-refractivity contribution in [3.05, 3.63) is 38.8 Å². The lowest BCUT2D eigenvalue weighted by atomic mass is 10.1. The third kappa shape index (κ3) is 4.29. The van der Waals surface area contributed by atoms with E-state index in [0.717, 1.165) is 16.7 Å². The highest BCUT2D eigenvalue weighted by Crippen LogP contribution is 2.34. The maximum Gasteiger partial charge on any atom is 0.293 e. The second-order valence-corrected chi connectivity index (χ2v) is 6.92. The van der Waals surface area contributed by atoms with Crippen LogP contribution in [-0.2, 0) is 14.3 Å². The molecule has 2 amide bonds. The van der Waals surface area contributed by atoms with Gasteiger partial charge in [0.1, 0.15) is 5.69 Å². The van der Waals surface area contributed by atoms with Gasteiger partial charge < -0.3 is 14.4 Å². The molecule has 2 aliphatic heterocycles. The van der Waals surface area contributed by atoms with E-state index in [4.69, 9.17) is 9.47 Å². The first-order valence-corrected chi connectivity index (χ1v) is 9.18. The SMILES string of the molecule is COCCN1C(=O)S/C(=C/c2ccc(N3CCOCC3)c([N+](=O)[O-])c2)C1=O. The summed E-state index contributed by atoms with van der Waals surface area (Å²) in [6.07, 6.45) is 1.51. The number of rotatable bonds is 6. The van der Waals surface area contributed by atoms with Gasteiger partial charge >= 0.3 is 0 Å². The van der Waals surface area contributed by atoms with E-state index >= 15 is 0 Å². The van der Waals surface area contributed by atoms with Gasteiger partial charge in [0.2, 0.25) is 0 Å². The van der Waals surface area contributed by atoms with Gasteiger partial charge in [-0.2, -0.15) is 0 Å². The Balaban J connectivity index is 1.86. The Hall–Kier alpha value is -2.43. The van der Waals surface area contributed by atoms with Gasteiger partial charge in [-0.1, -0.05) is 6.07 Å². The van der Waals surface area contributed by atoms with Crippen molar-refractivity contribution in [3.8, 4) is 0 Å². The molecule has 0 aromatic heterocycles. The van der Waals surface area contributed by atoms with E-state index in [0.29, 0.717) is 37.6 Å². The molecule has 2 fully saturated rings. The van der Waals surface area contributed by atoms with Crippen LogP contribution in [0.4, 0.5) is 16.2 Å². The van der Waals surface area contributed by atoms with E-state index in [1.54, 1.807) is 12.1 Å². The summed E-state index contributed by atoms with van der Waals surface area (Å²) in [5.41, 5.74) is 0.980. The van der Waals surface area contributed by atoms with Crippen molar-refractivity contribution in [2.75, 3.05) is 51.5 Å². The molecule has 27 heavy (non-hydrogen) atoms. The molecule has 2 heterocycles. The molecular weight excluding hydrogens is 374 g/mol. The predicted octanol–water partition coefficient (Wildman–Crippen LogP) is 2.11. The normalized spacial score (nSPS) is 19.2. The van der Waals surface area contributed by atoms with Crippen molar-refractivity contribution in [2.45, 2.75) is 0 Å². The van der Waals surface area contributed by atoms with Crippen molar-refractivity contribution >= 4 is 40.4 Å². The van der Waals surface area contributed by atoms with Gasteiger partial charge in [-0.05, 0) is 29.5 Å². The van der Waals surface area contributed by atoms with Crippen molar-refractivity contribution in [1.82, 2.24) is 4.90 Å². The van der Waals surface area contributed by atoms with Crippen LogP contribution in [0.5, 0.6) is 0 Å². The van der Waals surface area contributed by atoms with Crippen LogP contribution < -0.4 is 4.90 Å². The minimum absolute atomic E-state index is 0.0377. The fourth-order valence-corrected chi connectivity index (χ4v) is 3.74. The lowest BCUT2D eigenvalue weighted by molar-refractivity contribution is -0.384. The summed E-state index contributed by atoms with van der Waals surface area (Å²) in [5, 5.41) is 11.1. The average molecular weight is 393 g/mol. The second kappa shape index (κ2) is 8.51. The van der Waals surface area contributed by atoms with Crippen LogP contribution in [0.2, 0.25) is 0 Å². The molecule has 9 nitrogen and oxygen atoms in total. The Morgan fingerprint density at radius 3 is 2.74 bits per heavy atom. The van der Waals surface area contributed by atoms with Gasteiger partial charge in [0.05, 0.1) is 36.2 Å². The van der Waals surface area contributed by atoms with Gasteiger partial charge in [-0.25, -0.2) is 0 Å². The van der Waals surface area contributed by atoms with Crippen LogP contribution in [0, 0.1) is 10.1 Å². The van der Waals surface area contributed by atoms with Crippen LogP contribution in [-0.4, -0.2) is 67.5 Å². The summed E-state index contributed by atoms with van der Waals surface area (Å²) in [6, 6.07) is 4.80. The third-order valence-corrected chi connectivity index (χ3v) is 5.15. The Bertz CT molecular complexity index is 791. The summed E-state index contributed by atoms with van der Waals surface area (Å²) in [4.78, 5) is 38.7. The molecule has 1 aromatic carbocycles. The Kier molecular flexibility index (Phi) is 6.09. The maximum atomic E-state index is 12.4. The zero-order chi connectivity index (χ0) is 19.4. The van der Waals surface area contributed by atoms with Crippen molar-refractivity contribution in [3.63, 3.8) is 0 Å². The summed E-state index contributed by atoms with van der Waals surface area (Å²) in [5.74, 6) is -0.415. The number of amides is 2. The minimum Gasteiger partial charge on any atom is -0.383 e. The molecule has 0 radical (unpaired) electrons. The summed E-state index contributed by atoms with van der Waals surface area (Å²) in [7, 11) is 1.49. The van der Waals surface area contributed by atoms with E-state index in [2.05, 4.69) is 0 Å². The number of imide groups is 1. The Labute approximate surface area is 160 Å². The monoisotopic (exact) mass is 393 g/mol. The van der Waals surface area contributed by atoms with Crippen molar-refractivity contribution in [2.24, 2.45) is 0 Å². The Morgan fingerprint density at radius 1 is 1.33 bits per heavy atom. The molecule has 0 spiro atoms. The number of benzene rings is 1. The molecule has 0 unspecified atom stereocenters. The number of morpholine rings is 1. The lowest BCUT2D eigenvalue weighted by Crippen LogP contribution is -2.36. The molecule has 10 heteroatoms. The van der Waals surface area contributed by atoms with Crippen LogP contribution >= 0.6 is 11.8 Å². The van der Waals surface area contributed by atoms with Gasteiger partial charge in [0.25, 0.3) is 16.8 Å². The molecule has 0 atom stereocenters. The average Bonchev–Trinajstić information content (AvgIpc) is 2.93. The molecular formula is C17H19N3O6S. The molecule has 1 aromatic rings. The standard InChI is InChI=1S/C17H19N3O6S/c1-25-7-6-19-16(21)15(27-17(19)22)11-12-2-3-13(14(10-12)20(23)24)18-4-8-26-9-5-18/h2-3,10-11H,4-9H2,1H3/b15-11+. The largest absolute Gasteiger partial charge is 0.383 e. The highest BCUT2D eigenvalue weighted by atomic mass is 32.2. The Morgan fingerprint density at radius 2 is 2.07 bits per heavy atom. The number of anilines is 1. The number of nitro benzene ring substituents is 1. The molecule has 2 aliphatic rings. The van der Waals surface area contributed by atoms with Crippen LogP contribution in [0.25, 0.3) is 6.08 Å². The third-order valence-electron chi connectivity index (χ3n) is 4.24. The number of methoxy groups -OCH3 is 1. The highest BCUT2D eigenvalue weighted by molar-refractivity contribution is 8.18. The number of nitrogens with zero attached hydrogens (tertiary/aromatic N) is 3. The maximum absolute atomic E-state index is 12.4. The fraction of sp³-hybridized carbons (Fsp3) is 0.412. The number of hydrogen-bond donors (Lipinski definition) is 0. The smallest absolute Gasteiger partial charge is 0.293 e. The van der Waals surface area contributed by atoms with Gasteiger partial charge in [0.15, 0.2) is 0 Å². The predicted molar refractivity (Wildman–Crippen MR) is 101 cm³/mol. The zero-order valence-electron chi connectivity index (χ0n) is 14.8. The van der Waals surface area contributed by atoms with E-state index in [1.165, 1.54) is 19.3 Å². The quantitative estimate of drug-likeness (QED) is 0.411.